The SMILES string of the molecule is Cc1cc(N2C(=O)c3ccccc3C2=O)nn1Cc1cc(Cl)ccc1OCC1CC1. The molecule has 3 aromatic rings. The number of aryl methyl sites for hydroxylation is 1. The number of amides is 2. The highest BCUT2D eigenvalue weighted by molar-refractivity contribution is 6.34. The summed E-state index contributed by atoms with van der Waals surface area (Å²) in [5, 5.41) is 5.17. The highest BCUT2D eigenvalue weighted by Gasteiger charge is 2.37. The molecule has 1 aliphatic heterocycles. The molecular weight excluding hydrogens is 402 g/mol. The number of aromatic nitrogens is 2. The van der Waals surface area contributed by atoms with Gasteiger partial charge in [0.2, 0.25) is 0 Å². The van der Waals surface area contributed by atoms with Crippen LogP contribution in [0.15, 0.2) is 48.5 Å². The summed E-state index contributed by atoms with van der Waals surface area (Å²) < 4.78 is 7.75. The molecular formula is C23H20ClN3O3. The Morgan fingerprint density at radius 2 is 1.77 bits per heavy atom. The van der Waals surface area contributed by atoms with Gasteiger partial charge in [0.05, 0.1) is 24.3 Å². The van der Waals surface area contributed by atoms with Gasteiger partial charge in [0.1, 0.15) is 5.75 Å². The molecule has 0 radical (unpaired) electrons. The molecule has 1 aromatic heterocycles. The monoisotopic (exact) mass is 421 g/mol. The van der Waals surface area contributed by atoms with E-state index in [2.05, 4.69) is 5.10 Å². The third kappa shape index (κ3) is 3.37. The molecule has 30 heavy (non-hydrogen) atoms. The largest absolute Gasteiger partial charge is 0.493 e. The Kier molecular flexibility index (Phi) is 4.59. The van der Waals surface area contributed by atoms with Crippen LogP contribution in [0.3, 0.4) is 0 Å². The van der Waals surface area contributed by atoms with Gasteiger partial charge in [-0.2, -0.15) is 5.10 Å². The molecule has 0 bridgehead atoms. The number of hydrogen-bond donors (Lipinski definition) is 0. The summed E-state index contributed by atoms with van der Waals surface area (Å²) in [6.45, 7) is 3.02. The Morgan fingerprint density at radius 1 is 1.07 bits per heavy atom. The van der Waals surface area contributed by atoms with Crippen molar-refractivity contribution in [3.05, 3.63) is 75.9 Å². The second-order valence-electron chi connectivity index (χ2n) is 7.80. The quantitative estimate of drug-likeness (QED) is 0.550. The van der Waals surface area contributed by atoms with Gasteiger partial charge in [-0.1, -0.05) is 23.7 Å². The van der Waals surface area contributed by atoms with Gasteiger partial charge in [-0.3, -0.25) is 14.3 Å². The van der Waals surface area contributed by atoms with E-state index in [9.17, 15) is 9.59 Å². The van der Waals surface area contributed by atoms with Crippen molar-refractivity contribution in [2.75, 3.05) is 11.5 Å². The first-order valence-electron chi connectivity index (χ1n) is 9.95. The van der Waals surface area contributed by atoms with Gasteiger partial charge in [0.25, 0.3) is 11.8 Å². The Morgan fingerprint density at radius 3 is 2.43 bits per heavy atom. The summed E-state index contributed by atoms with van der Waals surface area (Å²) in [5.74, 6) is 1.04. The van der Waals surface area contributed by atoms with Gasteiger partial charge in [-0.25, -0.2) is 4.90 Å². The van der Waals surface area contributed by atoms with Crippen LogP contribution in [0.4, 0.5) is 5.82 Å². The van der Waals surface area contributed by atoms with E-state index in [4.69, 9.17) is 16.3 Å². The topological polar surface area (TPSA) is 64.4 Å². The van der Waals surface area contributed by atoms with Crippen LogP contribution in [0, 0.1) is 12.8 Å². The predicted molar refractivity (Wildman–Crippen MR) is 113 cm³/mol. The minimum absolute atomic E-state index is 0.321. The summed E-state index contributed by atoms with van der Waals surface area (Å²) in [6, 6.07) is 14.1. The van der Waals surface area contributed by atoms with E-state index in [1.54, 1.807) is 35.0 Å². The van der Waals surface area contributed by atoms with Gasteiger partial charge in [-0.15, -0.1) is 0 Å². The van der Waals surface area contributed by atoms with Crippen molar-refractivity contribution in [1.82, 2.24) is 9.78 Å². The third-order valence-corrected chi connectivity index (χ3v) is 5.74. The number of halogens is 1. The first-order chi connectivity index (χ1) is 14.5. The predicted octanol–water partition coefficient (Wildman–Crippen LogP) is 4.48. The molecule has 5 rings (SSSR count). The average Bonchev–Trinajstić information content (AvgIpc) is 3.45. The summed E-state index contributed by atoms with van der Waals surface area (Å²) >= 11 is 6.21. The first-order valence-corrected chi connectivity index (χ1v) is 10.3. The van der Waals surface area contributed by atoms with E-state index in [1.165, 1.54) is 12.8 Å². The molecule has 0 saturated heterocycles. The molecule has 0 unspecified atom stereocenters. The first kappa shape index (κ1) is 18.9. The minimum atomic E-state index is -0.350. The number of hydrogen-bond acceptors (Lipinski definition) is 4. The van der Waals surface area contributed by atoms with E-state index in [1.807, 2.05) is 25.1 Å². The standard InChI is InChI=1S/C23H20ClN3O3/c1-14-10-21(27-22(28)18-4-2-3-5-19(18)23(27)29)25-26(14)12-16-11-17(24)8-9-20(16)30-13-15-6-7-15/h2-5,8-11,15H,6-7,12-13H2,1H3. The van der Waals surface area contributed by atoms with Crippen molar-refractivity contribution in [1.29, 1.82) is 0 Å². The highest BCUT2D eigenvalue weighted by Crippen LogP contribution is 2.32. The van der Waals surface area contributed by atoms with Gasteiger partial charge in [-0.05, 0) is 56.0 Å². The maximum absolute atomic E-state index is 12.8. The molecule has 152 valence electrons. The number of carbonyl (C=O) groups excluding carboxylic acids is 2. The summed E-state index contributed by atoms with van der Waals surface area (Å²) in [6.07, 6.45) is 2.43. The Hall–Kier alpha value is -3.12. The van der Waals surface area contributed by atoms with Crippen molar-refractivity contribution >= 4 is 29.2 Å². The lowest BCUT2D eigenvalue weighted by molar-refractivity contribution is 0.0925. The lowest BCUT2D eigenvalue weighted by Gasteiger charge is -2.13. The van der Waals surface area contributed by atoms with Crippen molar-refractivity contribution < 1.29 is 14.3 Å². The van der Waals surface area contributed by atoms with Crippen LogP contribution in [0.5, 0.6) is 5.75 Å². The molecule has 6 nitrogen and oxygen atoms in total. The molecule has 2 heterocycles. The number of anilines is 1. The van der Waals surface area contributed by atoms with Gasteiger partial charge in [0.15, 0.2) is 5.82 Å². The second kappa shape index (κ2) is 7.29. The van der Waals surface area contributed by atoms with Crippen molar-refractivity contribution in [3.8, 4) is 5.75 Å². The molecule has 0 N–H and O–H groups in total. The summed E-state index contributed by atoms with van der Waals surface area (Å²) in [7, 11) is 0. The van der Waals surface area contributed by atoms with E-state index in [-0.39, 0.29) is 11.8 Å². The fourth-order valence-electron chi connectivity index (χ4n) is 3.63. The zero-order valence-electron chi connectivity index (χ0n) is 16.5. The molecule has 1 saturated carbocycles. The van der Waals surface area contributed by atoms with Crippen LogP contribution in [-0.2, 0) is 6.54 Å². The van der Waals surface area contributed by atoms with E-state index < -0.39 is 0 Å². The van der Waals surface area contributed by atoms with Crippen LogP contribution in [-0.4, -0.2) is 28.2 Å². The number of imide groups is 1. The zero-order valence-corrected chi connectivity index (χ0v) is 17.2. The fourth-order valence-corrected chi connectivity index (χ4v) is 3.82. The van der Waals surface area contributed by atoms with Crippen molar-refractivity contribution in [3.63, 3.8) is 0 Å². The van der Waals surface area contributed by atoms with E-state index >= 15 is 0 Å². The zero-order chi connectivity index (χ0) is 20.8. The van der Waals surface area contributed by atoms with Crippen LogP contribution >= 0.6 is 11.6 Å². The lowest BCUT2D eigenvalue weighted by atomic mass is 10.1. The Balaban J connectivity index is 1.43. The molecule has 2 aromatic carbocycles. The van der Waals surface area contributed by atoms with Crippen LogP contribution in [0.25, 0.3) is 0 Å². The maximum atomic E-state index is 12.8. The number of nitrogens with zero attached hydrogens (tertiary/aromatic N) is 3. The average molecular weight is 422 g/mol. The second-order valence-corrected chi connectivity index (χ2v) is 8.24. The number of rotatable bonds is 6. The summed E-state index contributed by atoms with van der Waals surface area (Å²) in [5.41, 5.74) is 2.54. The normalized spacial score (nSPS) is 15.6. The van der Waals surface area contributed by atoms with Crippen LogP contribution < -0.4 is 9.64 Å². The van der Waals surface area contributed by atoms with Crippen LogP contribution in [0.1, 0.15) is 44.8 Å². The van der Waals surface area contributed by atoms with Crippen LogP contribution in [0.2, 0.25) is 5.02 Å². The number of fused-ring (bicyclic) bond motifs is 1. The van der Waals surface area contributed by atoms with Crippen molar-refractivity contribution in [2.45, 2.75) is 26.3 Å². The Labute approximate surface area is 179 Å². The molecule has 0 atom stereocenters. The molecule has 1 aliphatic carbocycles. The maximum Gasteiger partial charge on any atom is 0.267 e. The molecule has 0 spiro atoms. The summed E-state index contributed by atoms with van der Waals surface area (Å²) in [4.78, 5) is 26.7. The minimum Gasteiger partial charge on any atom is -0.493 e. The lowest BCUT2D eigenvalue weighted by Crippen LogP contribution is -2.29. The van der Waals surface area contributed by atoms with Gasteiger partial charge < -0.3 is 4.74 Å². The number of carbonyl (C=O) groups is 2. The Bertz CT molecular complexity index is 1130. The number of benzene rings is 2. The molecule has 2 aliphatic rings. The number of ether oxygens (including phenoxy) is 1. The van der Waals surface area contributed by atoms with E-state index in [0.29, 0.717) is 41.0 Å². The molecule has 7 heteroatoms. The molecule has 1 fully saturated rings. The highest BCUT2D eigenvalue weighted by atomic mass is 35.5. The van der Waals surface area contributed by atoms with Gasteiger partial charge in [0, 0.05) is 22.3 Å². The smallest absolute Gasteiger partial charge is 0.267 e. The van der Waals surface area contributed by atoms with Gasteiger partial charge >= 0.3 is 0 Å². The molecule has 2 amide bonds. The van der Waals surface area contributed by atoms with E-state index in [0.717, 1.165) is 21.9 Å². The third-order valence-electron chi connectivity index (χ3n) is 5.51. The van der Waals surface area contributed by atoms with Crippen molar-refractivity contribution in [2.24, 2.45) is 5.92 Å². The fraction of sp³-hybridized carbons (Fsp3) is 0.261.